The molecule has 0 spiro atoms. The van der Waals surface area contributed by atoms with Crippen LogP contribution in [0, 0.1) is 5.92 Å². The zero-order valence-electron chi connectivity index (χ0n) is 18.6. The van der Waals surface area contributed by atoms with E-state index in [4.69, 9.17) is 13.9 Å². The minimum atomic E-state index is 0.0618. The number of furan rings is 1. The van der Waals surface area contributed by atoms with Gasteiger partial charge in [0.15, 0.2) is 0 Å². The van der Waals surface area contributed by atoms with Crippen molar-refractivity contribution in [3.8, 4) is 22.6 Å². The predicted octanol–water partition coefficient (Wildman–Crippen LogP) is 5.78. The summed E-state index contributed by atoms with van der Waals surface area (Å²) >= 11 is 0. The normalized spacial score (nSPS) is 15.4. The summed E-state index contributed by atoms with van der Waals surface area (Å²) in [5.41, 5.74) is 4.48. The zero-order valence-corrected chi connectivity index (χ0v) is 18.6. The van der Waals surface area contributed by atoms with Gasteiger partial charge in [-0.15, -0.1) is 0 Å². The maximum Gasteiger partial charge on any atom is 0.246 e. The van der Waals surface area contributed by atoms with Crippen molar-refractivity contribution in [3.63, 3.8) is 0 Å². The summed E-state index contributed by atoms with van der Waals surface area (Å²) in [5.74, 6) is 2.23. The van der Waals surface area contributed by atoms with Crippen LogP contribution in [0.3, 0.4) is 0 Å². The Hall–Kier alpha value is -3.21. The molecule has 0 atom stereocenters. The maximum absolute atomic E-state index is 12.8. The standard InChI is InChI=1S/C26H29NO4/c1-17-8-10-27(11-9-17)26(28)12-18(2)21-14-22-23(16-31-25(22)15-24(21)30-4)19-6-5-7-20(13-19)29-3/h5-7,12-17H,8-11H2,1-4H3/b18-12+. The number of ether oxygens (including phenoxy) is 2. The van der Waals surface area contributed by atoms with Crippen LogP contribution < -0.4 is 9.47 Å². The first kappa shape index (κ1) is 21.0. The quantitative estimate of drug-likeness (QED) is 0.492. The Labute approximate surface area is 183 Å². The molecule has 5 heteroatoms. The largest absolute Gasteiger partial charge is 0.497 e. The van der Waals surface area contributed by atoms with E-state index in [1.807, 2.05) is 48.2 Å². The monoisotopic (exact) mass is 419 g/mol. The summed E-state index contributed by atoms with van der Waals surface area (Å²) in [6.45, 7) is 5.84. The Morgan fingerprint density at radius 2 is 1.90 bits per heavy atom. The van der Waals surface area contributed by atoms with Crippen LogP contribution in [0.5, 0.6) is 11.5 Å². The number of amides is 1. The summed E-state index contributed by atoms with van der Waals surface area (Å²) in [7, 11) is 3.29. The Morgan fingerprint density at radius 3 is 2.61 bits per heavy atom. The molecule has 2 aromatic carbocycles. The molecule has 1 amide bonds. The van der Waals surface area contributed by atoms with Crippen molar-refractivity contribution in [1.29, 1.82) is 0 Å². The van der Waals surface area contributed by atoms with Gasteiger partial charge in [-0.1, -0.05) is 19.1 Å². The second kappa shape index (κ2) is 8.88. The van der Waals surface area contributed by atoms with E-state index in [0.29, 0.717) is 11.7 Å². The first-order chi connectivity index (χ1) is 15.0. The molecule has 2 heterocycles. The highest BCUT2D eigenvalue weighted by molar-refractivity contribution is 6.00. The van der Waals surface area contributed by atoms with Gasteiger partial charge in [-0.25, -0.2) is 0 Å². The Kier molecular flexibility index (Phi) is 6.03. The number of hydrogen-bond acceptors (Lipinski definition) is 4. The number of likely N-dealkylation sites (tertiary alicyclic amines) is 1. The summed E-state index contributed by atoms with van der Waals surface area (Å²) < 4.78 is 16.8. The molecule has 1 saturated heterocycles. The van der Waals surface area contributed by atoms with Gasteiger partial charge < -0.3 is 18.8 Å². The van der Waals surface area contributed by atoms with Crippen LogP contribution in [-0.2, 0) is 4.79 Å². The van der Waals surface area contributed by atoms with E-state index in [1.54, 1.807) is 26.6 Å². The van der Waals surface area contributed by atoms with E-state index in [9.17, 15) is 4.79 Å². The van der Waals surface area contributed by atoms with Crippen LogP contribution >= 0.6 is 0 Å². The van der Waals surface area contributed by atoms with E-state index in [0.717, 1.165) is 64.9 Å². The number of rotatable bonds is 5. The minimum absolute atomic E-state index is 0.0618. The average molecular weight is 420 g/mol. The molecule has 1 fully saturated rings. The molecule has 4 rings (SSSR count). The van der Waals surface area contributed by atoms with Gasteiger partial charge in [-0.3, -0.25) is 4.79 Å². The van der Waals surface area contributed by atoms with Crippen molar-refractivity contribution in [2.45, 2.75) is 26.7 Å². The number of hydrogen-bond donors (Lipinski definition) is 0. The molecular formula is C26H29NO4. The third-order valence-corrected chi connectivity index (χ3v) is 6.14. The van der Waals surface area contributed by atoms with Crippen LogP contribution in [0.25, 0.3) is 27.7 Å². The molecule has 1 aromatic heterocycles. The first-order valence-corrected chi connectivity index (χ1v) is 10.7. The molecule has 162 valence electrons. The molecule has 1 aliphatic heterocycles. The van der Waals surface area contributed by atoms with Gasteiger partial charge in [0.05, 0.1) is 20.5 Å². The second-order valence-electron chi connectivity index (χ2n) is 8.27. The maximum atomic E-state index is 12.8. The van der Waals surface area contributed by atoms with Crippen molar-refractivity contribution in [2.24, 2.45) is 5.92 Å². The molecule has 31 heavy (non-hydrogen) atoms. The number of carbonyl (C=O) groups is 1. The molecule has 0 N–H and O–H groups in total. The van der Waals surface area contributed by atoms with Crippen molar-refractivity contribution >= 4 is 22.4 Å². The van der Waals surface area contributed by atoms with Gasteiger partial charge in [-0.05, 0) is 55.0 Å². The van der Waals surface area contributed by atoms with Crippen molar-refractivity contribution in [1.82, 2.24) is 4.90 Å². The molecule has 0 saturated carbocycles. The number of nitrogens with zero attached hydrogens (tertiary/aromatic N) is 1. The van der Waals surface area contributed by atoms with E-state index in [2.05, 4.69) is 6.92 Å². The second-order valence-corrected chi connectivity index (χ2v) is 8.27. The molecule has 3 aromatic rings. The molecular weight excluding hydrogens is 390 g/mol. The molecule has 1 aliphatic rings. The fraction of sp³-hybridized carbons (Fsp3) is 0.346. The van der Waals surface area contributed by atoms with Crippen LogP contribution in [0.1, 0.15) is 32.3 Å². The van der Waals surface area contributed by atoms with Gasteiger partial charge in [0.1, 0.15) is 17.1 Å². The highest BCUT2D eigenvalue weighted by Crippen LogP contribution is 2.38. The lowest BCUT2D eigenvalue weighted by Crippen LogP contribution is -2.36. The van der Waals surface area contributed by atoms with Crippen LogP contribution in [-0.4, -0.2) is 38.1 Å². The van der Waals surface area contributed by atoms with Gasteiger partial charge in [0.2, 0.25) is 5.91 Å². The lowest BCUT2D eigenvalue weighted by Gasteiger charge is -2.29. The molecule has 5 nitrogen and oxygen atoms in total. The van der Waals surface area contributed by atoms with E-state index >= 15 is 0 Å². The van der Waals surface area contributed by atoms with Gasteiger partial charge in [0, 0.05) is 41.7 Å². The SMILES string of the molecule is COc1cccc(-c2coc3cc(OC)c(/C(C)=C/C(=O)N4CCC(C)CC4)cc23)c1. The molecule has 0 radical (unpaired) electrons. The van der Waals surface area contributed by atoms with Gasteiger partial charge in [-0.2, -0.15) is 0 Å². The highest BCUT2D eigenvalue weighted by atomic mass is 16.5. The number of benzene rings is 2. The average Bonchev–Trinajstić information content (AvgIpc) is 3.21. The molecule has 0 unspecified atom stereocenters. The third kappa shape index (κ3) is 4.31. The predicted molar refractivity (Wildman–Crippen MR) is 123 cm³/mol. The fourth-order valence-electron chi connectivity index (χ4n) is 4.13. The summed E-state index contributed by atoms with van der Waals surface area (Å²) in [4.78, 5) is 14.8. The molecule has 0 bridgehead atoms. The summed E-state index contributed by atoms with van der Waals surface area (Å²) in [6.07, 6.45) is 5.60. The lowest BCUT2D eigenvalue weighted by atomic mass is 9.98. The highest BCUT2D eigenvalue weighted by Gasteiger charge is 2.20. The topological polar surface area (TPSA) is 51.9 Å². The van der Waals surface area contributed by atoms with Crippen molar-refractivity contribution in [2.75, 3.05) is 27.3 Å². The zero-order chi connectivity index (χ0) is 22.0. The molecule has 0 aliphatic carbocycles. The number of carbonyl (C=O) groups excluding carboxylic acids is 1. The number of methoxy groups -OCH3 is 2. The van der Waals surface area contributed by atoms with E-state index in [1.165, 1.54) is 0 Å². The Balaban J connectivity index is 1.72. The fourth-order valence-corrected chi connectivity index (χ4v) is 4.13. The van der Waals surface area contributed by atoms with Crippen LogP contribution in [0.2, 0.25) is 0 Å². The van der Waals surface area contributed by atoms with Gasteiger partial charge in [0.25, 0.3) is 0 Å². The van der Waals surface area contributed by atoms with Crippen LogP contribution in [0.15, 0.2) is 53.2 Å². The summed E-state index contributed by atoms with van der Waals surface area (Å²) in [6, 6.07) is 11.8. The number of fused-ring (bicyclic) bond motifs is 1. The number of piperidine rings is 1. The summed E-state index contributed by atoms with van der Waals surface area (Å²) in [5, 5.41) is 0.969. The minimum Gasteiger partial charge on any atom is -0.497 e. The Morgan fingerprint density at radius 1 is 1.13 bits per heavy atom. The van der Waals surface area contributed by atoms with Crippen molar-refractivity contribution in [3.05, 3.63) is 54.3 Å². The Bertz CT molecular complexity index is 1120. The van der Waals surface area contributed by atoms with Crippen LogP contribution in [0.4, 0.5) is 0 Å². The van der Waals surface area contributed by atoms with E-state index in [-0.39, 0.29) is 5.91 Å². The number of allylic oxidation sites excluding steroid dienone is 1. The van der Waals surface area contributed by atoms with E-state index < -0.39 is 0 Å². The smallest absolute Gasteiger partial charge is 0.246 e. The third-order valence-electron chi connectivity index (χ3n) is 6.14. The van der Waals surface area contributed by atoms with Gasteiger partial charge >= 0.3 is 0 Å². The lowest BCUT2D eigenvalue weighted by molar-refractivity contribution is -0.127. The first-order valence-electron chi connectivity index (χ1n) is 10.7. The van der Waals surface area contributed by atoms with Crippen molar-refractivity contribution < 1.29 is 18.7 Å².